The van der Waals surface area contributed by atoms with Gasteiger partial charge in [-0.1, -0.05) is 78.9 Å². The van der Waals surface area contributed by atoms with E-state index in [0.29, 0.717) is 0 Å². The van der Waals surface area contributed by atoms with Crippen molar-refractivity contribution in [1.29, 1.82) is 0 Å². The number of aryl methyl sites for hydroxylation is 1. The fourth-order valence-corrected chi connectivity index (χ4v) is 4.76. The van der Waals surface area contributed by atoms with E-state index in [4.69, 9.17) is 0 Å². The first-order valence-corrected chi connectivity index (χ1v) is 11.8. The van der Waals surface area contributed by atoms with Crippen molar-refractivity contribution in [3.8, 4) is 0 Å². The quantitative estimate of drug-likeness (QED) is 0.230. The van der Waals surface area contributed by atoms with Crippen molar-refractivity contribution in [2.45, 2.75) is 32.2 Å². The summed E-state index contributed by atoms with van der Waals surface area (Å²) < 4.78 is 3.55. The van der Waals surface area contributed by atoms with Crippen LogP contribution >= 0.6 is 22.6 Å². The number of halogens is 1. The molecule has 2 heterocycles. The van der Waals surface area contributed by atoms with Gasteiger partial charge in [0, 0.05) is 46.8 Å². The maximum Gasteiger partial charge on any atom is 0.213 e. The molecule has 1 aliphatic heterocycles. The minimum absolute atomic E-state index is 0.0108. The van der Waals surface area contributed by atoms with Crippen LogP contribution in [0, 0.1) is 0 Å². The number of likely N-dealkylation sites (N-methyl/N-ethyl adjacent to an activating group) is 1. The van der Waals surface area contributed by atoms with E-state index >= 15 is 0 Å². The molecule has 29 heavy (non-hydrogen) atoms. The van der Waals surface area contributed by atoms with Crippen LogP contribution in [0.3, 0.4) is 0 Å². The number of hydrogen-bond donors (Lipinski definition) is 0. The Hall–Kier alpha value is -2.14. The molecule has 2 aromatic carbocycles. The Balaban J connectivity index is 1.68. The molecule has 0 fully saturated rings. The monoisotopic (exact) mass is 495 g/mol. The molecule has 1 aliphatic rings. The number of pyridine rings is 1. The molecule has 0 radical (unpaired) electrons. The zero-order chi connectivity index (χ0) is 20.4. The Morgan fingerprint density at radius 3 is 2.59 bits per heavy atom. The highest BCUT2D eigenvalue weighted by Crippen LogP contribution is 2.46. The van der Waals surface area contributed by atoms with Gasteiger partial charge in [0.15, 0.2) is 6.20 Å². The number of anilines is 1. The lowest BCUT2D eigenvalue weighted by atomic mass is 9.84. The molecule has 148 valence electrons. The van der Waals surface area contributed by atoms with Crippen molar-refractivity contribution >= 4 is 45.3 Å². The summed E-state index contributed by atoms with van der Waals surface area (Å²) in [6, 6.07) is 19.7. The van der Waals surface area contributed by atoms with Gasteiger partial charge in [0.1, 0.15) is 6.54 Å². The smallest absolute Gasteiger partial charge is 0.213 e. The number of hydrogen-bond acceptors (Lipinski definition) is 1. The molecule has 0 amide bonds. The second-order valence-electron chi connectivity index (χ2n) is 8.14. The van der Waals surface area contributed by atoms with Crippen molar-refractivity contribution in [2.24, 2.45) is 0 Å². The molecule has 1 aromatic heterocycles. The van der Waals surface area contributed by atoms with Gasteiger partial charge in [-0.15, -0.1) is 0 Å². The molecule has 0 unspecified atom stereocenters. The summed E-state index contributed by atoms with van der Waals surface area (Å²) in [5, 5.41) is 1.31. The van der Waals surface area contributed by atoms with E-state index in [2.05, 4.69) is 132 Å². The molecule has 3 heteroatoms. The number of para-hydroxylation sites is 2. The van der Waals surface area contributed by atoms with Gasteiger partial charge < -0.3 is 4.90 Å². The van der Waals surface area contributed by atoms with Gasteiger partial charge >= 0.3 is 0 Å². The number of fused-ring (bicyclic) bond motifs is 2. The highest BCUT2D eigenvalue weighted by Gasteiger charge is 2.37. The first kappa shape index (κ1) is 20.1. The second-order valence-corrected chi connectivity index (χ2v) is 9.22. The minimum atomic E-state index is 0.0108. The van der Waals surface area contributed by atoms with E-state index in [9.17, 15) is 0 Å². The molecule has 0 aliphatic carbocycles. The summed E-state index contributed by atoms with van der Waals surface area (Å²) in [7, 11) is 2.17. The van der Waals surface area contributed by atoms with Gasteiger partial charge in [0.05, 0.1) is 5.39 Å². The number of rotatable bonds is 5. The average molecular weight is 495 g/mol. The van der Waals surface area contributed by atoms with Gasteiger partial charge in [-0.3, -0.25) is 0 Å². The highest BCUT2D eigenvalue weighted by molar-refractivity contribution is 14.1. The fourth-order valence-electron chi connectivity index (χ4n) is 4.42. The van der Waals surface area contributed by atoms with E-state index in [-0.39, 0.29) is 5.41 Å². The standard InChI is InChI=1S/C26H28IN2/c1-26(2)22-12-5-7-14-24(22)28(3)25(26)15-8-10-20-16-19-29(18-9-17-27)23-13-6-4-11-21(20)23/h4-8,10-16,19H,9,17-18H2,1-3H3/q+1. The molecule has 0 N–H and O–H groups in total. The third kappa shape index (κ3) is 3.73. The minimum Gasteiger partial charge on any atom is -0.347 e. The van der Waals surface area contributed by atoms with Crippen LogP contribution in [-0.4, -0.2) is 11.5 Å². The summed E-state index contributed by atoms with van der Waals surface area (Å²) in [5.41, 5.74) is 6.60. The van der Waals surface area contributed by atoms with Crippen LogP contribution in [0.5, 0.6) is 0 Å². The number of allylic oxidation sites excluding steroid dienone is 3. The predicted molar refractivity (Wildman–Crippen MR) is 133 cm³/mol. The molecule has 0 atom stereocenters. The van der Waals surface area contributed by atoms with Gasteiger partial charge in [0.25, 0.3) is 0 Å². The molecule has 0 spiro atoms. The summed E-state index contributed by atoms with van der Waals surface area (Å²) in [5.74, 6) is 0. The SMILES string of the molecule is CN1/C(=C/C=C/c2cc[n+](CCCI)c3ccccc23)C(C)(C)c2ccccc21. The van der Waals surface area contributed by atoms with Crippen molar-refractivity contribution in [3.05, 3.63) is 89.8 Å². The zero-order valence-corrected chi connectivity index (χ0v) is 19.6. The lowest BCUT2D eigenvalue weighted by Gasteiger charge is -2.23. The second kappa shape index (κ2) is 8.31. The number of alkyl halides is 1. The summed E-state index contributed by atoms with van der Waals surface area (Å²) in [6.45, 7) is 5.68. The van der Waals surface area contributed by atoms with E-state index in [1.54, 1.807) is 0 Å². The van der Waals surface area contributed by atoms with Crippen LogP contribution in [0.25, 0.3) is 17.0 Å². The maximum atomic E-state index is 2.45. The van der Waals surface area contributed by atoms with Crippen LogP contribution in [0.2, 0.25) is 0 Å². The normalized spacial score (nSPS) is 16.8. The number of nitrogens with zero attached hydrogens (tertiary/aromatic N) is 2. The Bertz CT molecular complexity index is 1090. The summed E-state index contributed by atoms with van der Waals surface area (Å²) in [4.78, 5) is 2.32. The van der Waals surface area contributed by atoms with E-state index in [1.165, 1.54) is 44.3 Å². The molecule has 4 rings (SSSR count). The number of benzene rings is 2. The van der Waals surface area contributed by atoms with Gasteiger partial charge in [0.2, 0.25) is 5.52 Å². The molecule has 3 aromatic rings. The van der Waals surface area contributed by atoms with E-state index < -0.39 is 0 Å². The maximum absolute atomic E-state index is 2.45. The van der Waals surface area contributed by atoms with E-state index in [1.807, 2.05) is 0 Å². The first-order chi connectivity index (χ1) is 14.0. The lowest BCUT2D eigenvalue weighted by molar-refractivity contribution is -0.671. The van der Waals surface area contributed by atoms with E-state index in [0.717, 1.165) is 6.54 Å². The molecule has 0 bridgehead atoms. The number of aromatic nitrogens is 1. The van der Waals surface area contributed by atoms with Crippen LogP contribution in [0.4, 0.5) is 5.69 Å². The molecule has 0 saturated carbocycles. The summed E-state index contributed by atoms with van der Waals surface area (Å²) in [6.07, 6.45) is 10.1. The van der Waals surface area contributed by atoms with Crippen LogP contribution in [0.15, 0.2) is 78.6 Å². The molecule has 0 saturated heterocycles. The first-order valence-electron chi connectivity index (χ1n) is 10.2. The Morgan fingerprint density at radius 2 is 1.79 bits per heavy atom. The Kier molecular flexibility index (Phi) is 5.77. The Labute approximate surface area is 187 Å². The zero-order valence-electron chi connectivity index (χ0n) is 17.4. The van der Waals surface area contributed by atoms with Gasteiger partial charge in [-0.05, 0) is 29.3 Å². The Morgan fingerprint density at radius 1 is 1.03 bits per heavy atom. The van der Waals surface area contributed by atoms with Crippen LogP contribution in [0.1, 0.15) is 31.4 Å². The largest absolute Gasteiger partial charge is 0.347 e. The predicted octanol–water partition coefficient (Wildman–Crippen LogP) is 6.28. The van der Waals surface area contributed by atoms with Crippen molar-refractivity contribution in [2.75, 3.05) is 16.4 Å². The van der Waals surface area contributed by atoms with Crippen molar-refractivity contribution in [3.63, 3.8) is 0 Å². The van der Waals surface area contributed by atoms with Gasteiger partial charge in [-0.25, -0.2) is 0 Å². The highest BCUT2D eigenvalue weighted by atomic mass is 127. The fraction of sp³-hybridized carbons (Fsp3) is 0.269. The third-order valence-electron chi connectivity index (χ3n) is 5.96. The van der Waals surface area contributed by atoms with Crippen LogP contribution in [-0.2, 0) is 12.0 Å². The molecular weight excluding hydrogens is 467 g/mol. The summed E-state index contributed by atoms with van der Waals surface area (Å²) >= 11 is 2.45. The van der Waals surface area contributed by atoms with Crippen molar-refractivity contribution in [1.82, 2.24) is 0 Å². The van der Waals surface area contributed by atoms with Crippen LogP contribution < -0.4 is 9.47 Å². The lowest BCUT2D eigenvalue weighted by Crippen LogP contribution is -2.34. The van der Waals surface area contributed by atoms with Crippen molar-refractivity contribution < 1.29 is 4.57 Å². The topological polar surface area (TPSA) is 7.12 Å². The molecule has 2 nitrogen and oxygen atoms in total. The average Bonchev–Trinajstić information content (AvgIpc) is 2.93. The molecular formula is C26H28IN2+. The van der Waals surface area contributed by atoms with Gasteiger partial charge in [-0.2, -0.15) is 4.57 Å². The third-order valence-corrected chi connectivity index (χ3v) is 6.72.